The minimum Gasteiger partial charge on any atom is -0.264 e. The van der Waals surface area contributed by atoms with E-state index in [-0.39, 0.29) is 5.57 Å². The molecule has 0 heterocycles. The first kappa shape index (κ1) is 15.5. The van der Waals surface area contributed by atoms with Gasteiger partial charge in [-0.2, -0.15) is 0 Å². The number of benzene rings is 1. The molecule has 0 aromatic heterocycles. The zero-order valence-electron chi connectivity index (χ0n) is 10.4. The van der Waals surface area contributed by atoms with E-state index in [9.17, 15) is 23.3 Å². The van der Waals surface area contributed by atoms with Crippen molar-refractivity contribution in [2.75, 3.05) is 0 Å². The highest BCUT2D eigenvalue weighted by Crippen LogP contribution is 2.45. The van der Waals surface area contributed by atoms with Gasteiger partial charge in [0.2, 0.25) is 0 Å². The Hall–Kier alpha value is -1.86. The number of hydrogen-bond donors (Lipinski definition) is 0. The van der Waals surface area contributed by atoms with Gasteiger partial charge in [-0.25, -0.2) is 0 Å². The summed E-state index contributed by atoms with van der Waals surface area (Å²) in [6.07, 6.45) is -3.41. The van der Waals surface area contributed by atoms with E-state index in [2.05, 4.69) is 4.74 Å². The lowest BCUT2D eigenvalue weighted by atomic mass is 9.92. The fourth-order valence-electron chi connectivity index (χ4n) is 2.02. The van der Waals surface area contributed by atoms with Crippen LogP contribution in [0.1, 0.15) is 12.0 Å². The Morgan fingerprint density at radius 2 is 1.86 bits per heavy atom. The van der Waals surface area contributed by atoms with Crippen LogP contribution in [0, 0.1) is 10.1 Å². The van der Waals surface area contributed by atoms with Crippen LogP contribution in [0.15, 0.2) is 48.2 Å². The predicted octanol–water partition coefficient (Wildman–Crippen LogP) is 4.11. The van der Waals surface area contributed by atoms with Crippen molar-refractivity contribution in [3.8, 4) is 0 Å². The van der Waals surface area contributed by atoms with Crippen molar-refractivity contribution < 1.29 is 22.8 Å². The first-order chi connectivity index (χ1) is 9.71. The van der Waals surface area contributed by atoms with Gasteiger partial charge in [0.15, 0.2) is 5.06 Å². The van der Waals surface area contributed by atoms with Gasteiger partial charge in [-0.1, -0.05) is 41.9 Å². The average molecular weight is 320 g/mol. The highest BCUT2D eigenvalue weighted by molar-refractivity contribution is 6.29. The second-order valence-corrected chi connectivity index (χ2v) is 4.93. The first-order valence-corrected chi connectivity index (χ1v) is 6.16. The van der Waals surface area contributed by atoms with Crippen LogP contribution in [-0.4, -0.2) is 16.3 Å². The Balaban J connectivity index is 2.48. The van der Waals surface area contributed by atoms with E-state index in [4.69, 9.17) is 11.6 Å². The molecule has 0 aliphatic heterocycles. The summed E-state index contributed by atoms with van der Waals surface area (Å²) in [5, 5.41) is 8.40. The second kappa shape index (κ2) is 5.50. The molecular weight excluding hydrogens is 311 g/mol. The highest BCUT2D eigenvalue weighted by Gasteiger charge is 2.48. The van der Waals surface area contributed by atoms with Gasteiger partial charge in [-0.15, -0.1) is 13.2 Å². The fraction of sp³-hybridized carbons (Fsp3) is 0.231. The fourth-order valence-corrected chi connectivity index (χ4v) is 2.42. The average Bonchev–Trinajstić information content (AvgIpc) is 2.36. The minimum atomic E-state index is -5.02. The summed E-state index contributed by atoms with van der Waals surface area (Å²) in [5.41, 5.74) is -0.0305. The standard InChI is InChI=1S/C13H9ClF3NO3/c14-12(21-13(15,16)17)8-10(18(19)20)6-7-11(12)9-4-2-1-3-5-9/h1-7H,8H2. The van der Waals surface area contributed by atoms with E-state index in [1.165, 1.54) is 6.08 Å². The van der Waals surface area contributed by atoms with E-state index in [0.29, 0.717) is 5.56 Å². The summed E-state index contributed by atoms with van der Waals surface area (Å²) >= 11 is 5.94. The number of hydrogen-bond acceptors (Lipinski definition) is 3. The van der Waals surface area contributed by atoms with Gasteiger partial charge in [0.25, 0.3) is 5.70 Å². The molecule has 0 amide bonds. The maximum Gasteiger partial charge on any atom is 0.524 e. The molecule has 0 saturated carbocycles. The van der Waals surface area contributed by atoms with E-state index in [1.54, 1.807) is 30.3 Å². The minimum absolute atomic E-state index is 0.0210. The SMILES string of the molecule is O=[N+]([O-])C1=CC=C(c2ccccc2)C(Cl)(OC(F)(F)F)C1. The third-order valence-electron chi connectivity index (χ3n) is 2.85. The van der Waals surface area contributed by atoms with E-state index < -0.39 is 28.5 Å². The number of halogens is 4. The molecule has 1 aromatic carbocycles. The molecular formula is C13H9ClF3NO3. The van der Waals surface area contributed by atoms with Crippen molar-refractivity contribution in [1.82, 2.24) is 0 Å². The summed E-state index contributed by atoms with van der Waals surface area (Å²) in [5.74, 6) is 0. The molecule has 8 heteroatoms. The maximum absolute atomic E-state index is 12.6. The molecule has 0 radical (unpaired) electrons. The molecule has 0 saturated heterocycles. The Labute approximate surface area is 122 Å². The van der Waals surface area contributed by atoms with E-state index in [0.717, 1.165) is 6.08 Å². The largest absolute Gasteiger partial charge is 0.524 e. The number of rotatable bonds is 3. The van der Waals surface area contributed by atoms with Gasteiger partial charge in [-0.05, 0) is 11.6 Å². The summed E-state index contributed by atoms with van der Waals surface area (Å²) < 4.78 is 41.7. The van der Waals surface area contributed by atoms with Crippen LogP contribution < -0.4 is 0 Å². The Bertz CT molecular complexity index is 613. The summed E-state index contributed by atoms with van der Waals surface area (Å²) in [7, 11) is 0. The third-order valence-corrected chi connectivity index (χ3v) is 3.26. The lowest BCUT2D eigenvalue weighted by Gasteiger charge is -2.31. The molecule has 1 atom stereocenters. The summed E-state index contributed by atoms with van der Waals surface area (Å²) in [6, 6.07) is 8.02. The van der Waals surface area contributed by atoms with Crippen LogP contribution >= 0.6 is 11.6 Å². The Morgan fingerprint density at radius 3 is 2.38 bits per heavy atom. The topological polar surface area (TPSA) is 52.4 Å². The summed E-state index contributed by atoms with van der Waals surface area (Å²) in [4.78, 5) is 9.98. The maximum atomic E-state index is 12.6. The smallest absolute Gasteiger partial charge is 0.264 e. The number of nitro groups is 1. The molecule has 0 bridgehead atoms. The molecule has 21 heavy (non-hydrogen) atoms. The molecule has 112 valence electrons. The van der Waals surface area contributed by atoms with Gasteiger partial charge < -0.3 is 0 Å². The van der Waals surface area contributed by atoms with Gasteiger partial charge in [0, 0.05) is 11.6 Å². The normalized spacial score (nSPS) is 22.5. The number of alkyl halides is 4. The zero-order valence-corrected chi connectivity index (χ0v) is 11.2. The van der Waals surface area contributed by atoms with Crippen LogP contribution in [0.5, 0.6) is 0 Å². The molecule has 1 aliphatic rings. The monoisotopic (exact) mass is 319 g/mol. The van der Waals surface area contributed by atoms with Gasteiger partial charge in [-0.3, -0.25) is 14.9 Å². The van der Waals surface area contributed by atoms with Crippen LogP contribution in [0.4, 0.5) is 13.2 Å². The molecule has 0 N–H and O–H groups in total. The molecule has 2 rings (SSSR count). The number of ether oxygens (including phenoxy) is 1. The molecule has 1 aliphatic carbocycles. The van der Waals surface area contributed by atoms with E-state index >= 15 is 0 Å². The van der Waals surface area contributed by atoms with Crippen molar-refractivity contribution in [3.05, 3.63) is 63.9 Å². The molecule has 4 nitrogen and oxygen atoms in total. The van der Waals surface area contributed by atoms with Gasteiger partial charge in [0.1, 0.15) is 0 Å². The van der Waals surface area contributed by atoms with Crippen LogP contribution in [0.2, 0.25) is 0 Å². The van der Waals surface area contributed by atoms with Crippen LogP contribution in [-0.2, 0) is 4.74 Å². The molecule has 0 spiro atoms. The van der Waals surface area contributed by atoms with Crippen LogP contribution in [0.3, 0.4) is 0 Å². The number of nitrogens with zero attached hydrogens (tertiary/aromatic N) is 1. The second-order valence-electron chi connectivity index (χ2n) is 4.31. The predicted molar refractivity (Wildman–Crippen MR) is 69.8 cm³/mol. The van der Waals surface area contributed by atoms with E-state index in [1.807, 2.05) is 0 Å². The zero-order chi connectivity index (χ0) is 15.7. The Kier molecular flexibility index (Phi) is 4.06. The molecule has 0 fully saturated rings. The van der Waals surface area contributed by atoms with Crippen molar-refractivity contribution in [1.29, 1.82) is 0 Å². The number of allylic oxidation sites excluding steroid dienone is 2. The molecule has 1 aromatic rings. The highest BCUT2D eigenvalue weighted by atomic mass is 35.5. The lowest BCUT2D eigenvalue weighted by molar-refractivity contribution is -0.432. The first-order valence-electron chi connectivity index (χ1n) is 5.78. The Morgan fingerprint density at radius 1 is 1.24 bits per heavy atom. The van der Waals surface area contributed by atoms with Gasteiger partial charge >= 0.3 is 6.36 Å². The van der Waals surface area contributed by atoms with Crippen molar-refractivity contribution in [2.45, 2.75) is 17.8 Å². The molecule has 1 unspecified atom stereocenters. The quantitative estimate of drug-likeness (QED) is 0.478. The summed E-state index contributed by atoms with van der Waals surface area (Å²) in [6.45, 7) is 0. The van der Waals surface area contributed by atoms with Crippen LogP contribution in [0.25, 0.3) is 5.57 Å². The van der Waals surface area contributed by atoms with Crippen molar-refractivity contribution >= 4 is 17.2 Å². The third kappa shape index (κ3) is 3.62. The van der Waals surface area contributed by atoms with Gasteiger partial charge in [0.05, 0.1) is 11.3 Å². The lowest BCUT2D eigenvalue weighted by Crippen LogP contribution is -2.36. The van der Waals surface area contributed by atoms with Crippen molar-refractivity contribution in [3.63, 3.8) is 0 Å². The van der Waals surface area contributed by atoms with Crippen molar-refractivity contribution in [2.24, 2.45) is 0 Å².